The van der Waals surface area contributed by atoms with Crippen LogP contribution in [-0.2, 0) is 19.3 Å². The number of ether oxygens (including phenoxy) is 1. The molecule has 1 aromatic heterocycles. The van der Waals surface area contributed by atoms with Crippen molar-refractivity contribution in [3.8, 4) is 5.75 Å². The number of hydrogen-bond acceptors (Lipinski definition) is 3. The van der Waals surface area contributed by atoms with E-state index in [0.717, 1.165) is 41.2 Å². The number of hydrogen-bond donors (Lipinski definition) is 0. The molecule has 0 bridgehead atoms. The van der Waals surface area contributed by atoms with Crippen LogP contribution in [0.3, 0.4) is 0 Å². The summed E-state index contributed by atoms with van der Waals surface area (Å²) in [7, 11) is 1.67. The third kappa shape index (κ3) is 2.78. The Morgan fingerprint density at radius 1 is 1.10 bits per heavy atom. The predicted octanol–water partition coefficient (Wildman–Crippen LogP) is 3.61. The van der Waals surface area contributed by atoms with Crippen LogP contribution in [0.2, 0.25) is 5.15 Å². The van der Waals surface area contributed by atoms with E-state index in [1.807, 2.05) is 24.3 Å². The minimum absolute atomic E-state index is 0.637. The number of nitrogens with zero attached hydrogens (tertiary/aromatic N) is 2. The van der Waals surface area contributed by atoms with Gasteiger partial charge in [0.1, 0.15) is 16.7 Å². The molecule has 3 rings (SSSR count). The minimum atomic E-state index is 0.637. The molecule has 3 nitrogen and oxygen atoms in total. The summed E-state index contributed by atoms with van der Waals surface area (Å²) in [5.74, 6) is 1.67. The molecule has 0 unspecified atom stereocenters. The zero-order chi connectivity index (χ0) is 13.9. The number of halogens is 1. The number of methoxy groups -OCH3 is 1. The van der Waals surface area contributed by atoms with Crippen molar-refractivity contribution in [3.63, 3.8) is 0 Å². The Balaban J connectivity index is 1.85. The molecule has 1 heterocycles. The SMILES string of the molecule is COc1ccc(Cc2nc(Cl)c3c(n2)CCCC3)cc1. The van der Waals surface area contributed by atoms with Gasteiger partial charge in [-0.25, -0.2) is 9.97 Å². The molecule has 1 aliphatic carbocycles. The molecule has 20 heavy (non-hydrogen) atoms. The highest BCUT2D eigenvalue weighted by molar-refractivity contribution is 6.30. The van der Waals surface area contributed by atoms with Crippen LogP contribution in [0, 0.1) is 0 Å². The average molecular weight is 289 g/mol. The van der Waals surface area contributed by atoms with Crippen molar-refractivity contribution in [3.05, 3.63) is 52.1 Å². The predicted molar refractivity (Wildman–Crippen MR) is 79.5 cm³/mol. The smallest absolute Gasteiger partial charge is 0.136 e. The molecule has 2 aromatic rings. The maximum atomic E-state index is 6.29. The van der Waals surface area contributed by atoms with Crippen molar-refractivity contribution in [2.24, 2.45) is 0 Å². The Morgan fingerprint density at radius 3 is 2.60 bits per heavy atom. The van der Waals surface area contributed by atoms with Gasteiger partial charge in [-0.15, -0.1) is 0 Å². The molecular weight excluding hydrogens is 272 g/mol. The van der Waals surface area contributed by atoms with Gasteiger partial charge in [-0.3, -0.25) is 0 Å². The molecule has 0 N–H and O–H groups in total. The van der Waals surface area contributed by atoms with Crippen LogP contribution in [0.25, 0.3) is 0 Å². The largest absolute Gasteiger partial charge is 0.497 e. The third-order valence-corrected chi connectivity index (χ3v) is 4.01. The van der Waals surface area contributed by atoms with Gasteiger partial charge in [0, 0.05) is 17.7 Å². The molecule has 0 atom stereocenters. The number of fused-ring (bicyclic) bond motifs is 1. The second kappa shape index (κ2) is 5.80. The molecule has 0 aliphatic heterocycles. The Bertz CT molecular complexity index is 611. The van der Waals surface area contributed by atoms with E-state index in [2.05, 4.69) is 9.97 Å². The van der Waals surface area contributed by atoms with E-state index in [4.69, 9.17) is 16.3 Å². The topological polar surface area (TPSA) is 35.0 Å². The number of benzene rings is 1. The maximum Gasteiger partial charge on any atom is 0.136 e. The van der Waals surface area contributed by atoms with Crippen LogP contribution in [0.15, 0.2) is 24.3 Å². The highest BCUT2D eigenvalue weighted by Crippen LogP contribution is 2.25. The summed E-state index contributed by atoms with van der Waals surface area (Å²) in [5.41, 5.74) is 3.45. The molecule has 0 amide bonds. The molecule has 0 saturated heterocycles. The van der Waals surface area contributed by atoms with Gasteiger partial charge >= 0.3 is 0 Å². The van der Waals surface area contributed by atoms with Crippen molar-refractivity contribution < 1.29 is 4.74 Å². The lowest BCUT2D eigenvalue weighted by atomic mass is 9.97. The Kier molecular flexibility index (Phi) is 3.88. The minimum Gasteiger partial charge on any atom is -0.497 e. The average Bonchev–Trinajstić information content (AvgIpc) is 2.48. The Morgan fingerprint density at radius 2 is 1.85 bits per heavy atom. The molecule has 0 saturated carbocycles. The van der Waals surface area contributed by atoms with E-state index in [9.17, 15) is 0 Å². The van der Waals surface area contributed by atoms with Gasteiger partial charge in [-0.2, -0.15) is 0 Å². The summed E-state index contributed by atoms with van der Waals surface area (Å²) in [6.45, 7) is 0. The van der Waals surface area contributed by atoms with Crippen molar-refractivity contribution in [1.82, 2.24) is 9.97 Å². The quantitative estimate of drug-likeness (QED) is 0.809. The van der Waals surface area contributed by atoms with Gasteiger partial charge < -0.3 is 4.74 Å². The molecular formula is C16H17ClN2O. The van der Waals surface area contributed by atoms with Gasteiger partial charge in [0.15, 0.2) is 0 Å². The van der Waals surface area contributed by atoms with Gasteiger partial charge in [0.25, 0.3) is 0 Å². The highest BCUT2D eigenvalue weighted by atomic mass is 35.5. The van der Waals surface area contributed by atoms with Crippen molar-refractivity contribution in [1.29, 1.82) is 0 Å². The number of aryl methyl sites for hydroxylation is 1. The summed E-state index contributed by atoms with van der Waals surface area (Å²) < 4.78 is 5.16. The van der Waals surface area contributed by atoms with E-state index < -0.39 is 0 Å². The highest BCUT2D eigenvalue weighted by Gasteiger charge is 2.16. The second-order valence-electron chi connectivity index (χ2n) is 5.09. The van der Waals surface area contributed by atoms with E-state index in [1.165, 1.54) is 12.8 Å². The van der Waals surface area contributed by atoms with Crippen LogP contribution < -0.4 is 4.74 Å². The second-order valence-corrected chi connectivity index (χ2v) is 5.45. The molecule has 0 radical (unpaired) electrons. The van der Waals surface area contributed by atoms with E-state index >= 15 is 0 Å². The first kappa shape index (κ1) is 13.4. The van der Waals surface area contributed by atoms with Gasteiger partial charge in [-0.1, -0.05) is 23.7 Å². The standard InChI is InChI=1S/C16H17ClN2O/c1-20-12-8-6-11(7-9-12)10-15-18-14-5-3-2-4-13(14)16(17)19-15/h6-9H,2-5,10H2,1H3. The Labute approximate surface area is 124 Å². The molecule has 104 valence electrons. The van der Waals surface area contributed by atoms with Crippen molar-refractivity contribution in [2.45, 2.75) is 32.1 Å². The summed E-state index contributed by atoms with van der Waals surface area (Å²) in [6, 6.07) is 7.98. The monoisotopic (exact) mass is 288 g/mol. The van der Waals surface area contributed by atoms with Crippen LogP contribution in [-0.4, -0.2) is 17.1 Å². The number of rotatable bonds is 3. The van der Waals surface area contributed by atoms with E-state index in [-0.39, 0.29) is 0 Å². The fourth-order valence-corrected chi connectivity index (χ4v) is 2.90. The lowest BCUT2D eigenvalue weighted by molar-refractivity contribution is 0.414. The molecule has 0 spiro atoms. The molecule has 1 aromatic carbocycles. The van der Waals surface area contributed by atoms with Gasteiger partial charge in [0.2, 0.25) is 0 Å². The normalized spacial score (nSPS) is 13.9. The van der Waals surface area contributed by atoms with Crippen LogP contribution in [0.5, 0.6) is 5.75 Å². The van der Waals surface area contributed by atoms with Crippen molar-refractivity contribution in [2.75, 3.05) is 7.11 Å². The van der Waals surface area contributed by atoms with Crippen LogP contribution in [0.1, 0.15) is 35.5 Å². The fraction of sp³-hybridized carbons (Fsp3) is 0.375. The summed E-state index contributed by atoms with van der Waals surface area (Å²) in [4.78, 5) is 9.13. The van der Waals surface area contributed by atoms with E-state index in [0.29, 0.717) is 11.6 Å². The summed E-state index contributed by atoms with van der Waals surface area (Å²) in [6.07, 6.45) is 5.12. The molecule has 1 aliphatic rings. The zero-order valence-corrected chi connectivity index (χ0v) is 12.3. The number of aromatic nitrogens is 2. The maximum absolute atomic E-state index is 6.29. The van der Waals surface area contributed by atoms with Gasteiger partial charge in [-0.05, 0) is 43.4 Å². The van der Waals surface area contributed by atoms with Crippen LogP contribution >= 0.6 is 11.6 Å². The zero-order valence-electron chi connectivity index (χ0n) is 11.5. The lowest BCUT2D eigenvalue weighted by Gasteiger charge is -2.16. The third-order valence-electron chi connectivity index (χ3n) is 3.70. The van der Waals surface area contributed by atoms with Gasteiger partial charge in [0.05, 0.1) is 7.11 Å². The summed E-state index contributed by atoms with van der Waals surface area (Å²) in [5, 5.41) is 0.637. The lowest BCUT2D eigenvalue weighted by Crippen LogP contribution is -2.10. The van der Waals surface area contributed by atoms with Crippen molar-refractivity contribution >= 4 is 11.6 Å². The Hall–Kier alpha value is -1.61. The fourth-order valence-electron chi connectivity index (χ4n) is 2.60. The molecule has 0 fully saturated rings. The first-order valence-corrected chi connectivity index (χ1v) is 7.31. The molecule has 4 heteroatoms. The van der Waals surface area contributed by atoms with Crippen LogP contribution in [0.4, 0.5) is 0 Å². The first-order chi connectivity index (χ1) is 9.76. The first-order valence-electron chi connectivity index (χ1n) is 6.93. The summed E-state index contributed by atoms with van der Waals surface area (Å²) >= 11 is 6.29. The van der Waals surface area contributed by atoms with E-state index in [1.54, 1.807) is 7.11 Å².